The Labute approximate surface area is 293 Å². The van der Waals surface area contributed by atoms with Crippen molar-refractivity contribution in [2.45, 2.75) is 33.4 Å². The second-order valence-electron chi connectivity index (χ2n) is 10.7. The topological polar surface area (TPSA) is 79.1 Å². The number of ether oxygens (including phenoxy) is 3. The third kappa shape index (κ3) is 6.63. The zero-order valence-corrected chi connectivity index (χ0v) is 29.6. The molecule has 6 rings (SSSR count). The smallest absolute Gasteiger partial charge is 0.338 e. The number of benzene rings is 4. The summed E-state index contributed by atoms with van der Waals surface area (Å²) < 4.78 is 20.3. The summed E-state index contributed by atoms with van der Waals surface area (Å²) in [6.07, 6.45) is 1.79. The molecule has 1 aliphatic heterocycles. The van der Waals surface area contributed by atoms with Gasteiger partial charge in [-0.05, 0) is 88.9 Å². The van der Waals surface area contributed by atoms with E-state index in [4.69, 9.17) is 42.4 Å². The average molecular weight is 753 g/mol. The van der Waals surface area contributed by atoms with Crippen LogP contribution in [0.1, 0.15) is 43.5 Å². The highest BCUT2D eigenvalue weighted by Crippen LogP contribution is 2.39. The Kier molecular flexibility index (Phi) is 9.89. The molecule has 0 aliphatic carbocycles. The van der Waals surface area contributed by atoms with E-state index in [1.807, 2.05) is 67.6 Å². The molecule has 0 saturated heterocycles. The first-order valence-corrected chi connectivity index (χ1v) is 17.3. The lowest BCUT2D eigenvalue weighted by Crippen LogP contribution is -2.40. The van der Waals surface area contributed by atoms with E-state index in [2.05, 4.69) is 15.9 Å². The van der Waals surface area contributed by atoms with Gasteiger partial charge >= 0.3 is 5.97 Å². The normalized spacial score (nSPS) is 14.6. The van der Waals surface area contributed by atoms with Crippen LogP contribution in [-0.2, 0) is 16.1 Å². The van der Waals surface area contributed by atoms with Gasteiger partial charge in [-0.15, -0.1) is 0 Å². The van der Waals surface area contributed by atoms with E-state index in [-0.39, 0.29) is 18.8 Å². The van der Waals surface area contributed by atoms with Crippen LogP contribution in [0.3, 0.4) is 0 Å². The van der Waals surface area contributed by atoms with Gasteiger partial charge in [-0.25, -0.2) is 9.79 Å². The van der Waals surface area contributed by atoms with Gasteiger partial charge in [0, 0.05) is 15.6 Å². The van der Waals surface area contributed by atoms with E-state index in [9.17, 15) is 9.59 Å². The summed E-state index contributed by atoms with van der Waals surface area (Å²) in [5, 5.41) is 2.98. The number of hydrogen-bond acceptors (Lipinski definition) is 7. The number of fused-ring (bicyclic) bond motifs is 2. The fraction of sp³-hybridized carbons (Fsp3) is 0.194. The fourth-order valence-corrected chi connectivity index (χ4v) is 7.67. The van der Waals surface area contributed by atoms with Crippen LogP contribution < -0.4 is 24.4 Å². The molecule has 0 spiro atoms. The third-order valence-electron chi connectivity index (χ3n) is 7.65. The number of nitrogens with zero attached hydrogens (tertiary/aromatic N) is 2. The van der Waals surface area contributed by atoms with Gasteiger partial charge in [0.25, 0.3) is 5.56 Å². The minimum Gasteiger partial charge on any atom is -0.490 e. The fourth-order valence-electron chi connectivity index (χ4n) is 5.59. The molecule has 5 aromatic rings. The molecule has 0 unspecified atom stereocenters. The quantitative estimate of drug-likeness (QED) is 0.143. The van der Waals surface area contributed by atoms with Crippen LogP contribution in [0.25, 0.3) is 16.8 Å². The number of hydrogen-bond donors (Lipinski definition) is 0. The molecule has 7 nitrogen and oxygen atoms in total. The van der Waals surface area contributed by atoms with Crippen LogP contribution in [0.4, 0.5) is 0 Å². The van der Waals surface area contributed by atoms with E-state index < -0.39 is 12.0 Å². The maximum Gasteiger partial charge on any atom is 0.338 e. The van der Waals surface area contributed by atoms with Crippen LogP contribution in [0.5, 0.6) is 11.5 Å². The van der Waals surface area contributed by atoms with Crippen LogP contribution in [0, 0.1) is 0 Å². The maximum atomic E-state index is 14.3. The van der Waals surface area contributed by atoms with Gasteiger partial charge in [0.2, 0.25) is 0 Å². The summed E-state index contributed by atoms with van der Waals surface area (Å²) in [4.78, 5) is 32.9. The monoisotopic (exact) mass is 750 g/mol. The molecule has 0 radical (unpaired) electrons. The molecule has 0 N–H and O–H groups in total. The number of halogens is 3. The van der Waals surface area contributed by atoms with Crippen molar-refractivity contribution < 1.29 is 19.0 Å². The van der Waals surface area contributed by atoms with Crippen molar-refractivity contribution in [3.63, 3.8) is 0 Å². The van der Waals surface area contributed by atoms with Crippen molar-refractivity contribution >= 4 is 73.3 Å². The predicted octanol–water partition coefficient (Wildman–Crippen LogP) is 8.00. The molecule has 240 valence electrons. The van der Waals surface area contributed by atoms with Crippen LogP contribution >= 0.6 is 50.5 Å². The van der Waals surface area contributed by atoms with Gasteiger partial charge < -0.3 is 14.2 Å². The molecule has 0 amide bonds. The summed E-state index contributed by atoms with van der Waals surface area (Å²) in [5.74, 6) is 0.504. The van der Waals surface area contributed by atoms with E-state index in [0.717, 1.165) is 21.9 Å². The van der Waals surface area contributed by atoms with Gasteiger partial charge in [0.1, 0.15) is 6.61 Å². The summed E-state index contributed by atoms with van der Waals surface area (Å²) in [6.45, 7) is 6.22. The predicted molar refractivity (Wildman–Crippen MR) is 190 cm³/mol. The number of aromatic nitrogens is 1. The number of rotatable bonds is 9. The molecule has 1 aromatic heterocycles. The van der Waals surface area contributed by atoms with Crippen molar-refractivity contribution in [2.24, 2.45) is 4.99 Å². The average Bonchev–Trinajstić information content (AvgIpc) is 3.34. The Bertz CT molecular complexity index is 2240. The van der Waals surface area contributed by atoms with Crippen molar-refractivity contribution in [3.8, 4) is 11.5 Å². The first kappa shape index (κ1) is 33.0. The minimum atomic E-state index is -0.722. The molecule has 47 heavy (non-hydrogen) atoms. The van der Waals surface area contributed by atoms with Crippen molar-refractivity contribution in [3.05, 3.63) is 135 Å². The zero-order valence-electron chi connectivity index (χ0n) is 25.7. The van der Waals surface area contributed by atoms with Gasteiger partial charge in [0.15, 0.2) is 16.3 Å². The molecule has 2 heterocycles. The van der Waals surface area contributed by atoms with E-state index >= 15 is 0 Å². The number of carbonyl (C=O) groups excluding carboxylic acids is 1. The summed E-state index contributed by atoms with van der Waals surface area (Å²) in [7, 11) is 0. The minimum absolute atomic E-state index is 0.197. The second kappa shape index (κ2) is 14.1. The van der Waals surface area contributed by atoms with Crippen molar-refractivity contribution in [2.75, 3.05) is 13.2 Å². The van der Waals surface area contributed by atoms with Crippen LogP contribution in [0.15, 0.2) is 98.3 Å². The molecular formula is C36H29BrCl2N2O5S. The first-order chi connectivity index (χ1) is 22.7. The Morgan fingerprint density at radius 1 is 1.02 bits per heavy atom. The second-order valence-corrected chi connectivity index (χ2v) is 13.4. The van der Waals surface area contributed by atoms with Crippen molar-refractivity contribution in [1.29, 1.82) is 0 Å². The summed E-state index contributed by atoms with van der Waals surface area (Å²) >= 11 is 17.3. The van der Waals surface area contributed by atoms with Gasteiger partial charge in [-0.3, -0.25) is 9.36 Å². The van der Waals surface area contributed by atoms with E-state index in [1.54, 1.807) is 36.6 Å². The number of esters is 1. The largest absolute Gasteiger partial charge is 0.490 e. The number of thiazole rings is 1. The standard InChI is InChI=1S/C36H29BrCl2N2O5S/c1-4-44-29-16-21(15-27(37)33(29)46-19-23-13-14-24(38)18-28(23)39)17-30-34(42)41-32(26-12-8-10-22-9-6-7-11-25(22)26)31(35(43)45-5-2)20(3)40-36(41)47-30/h6-18,32H,4-5,19H2,1-3H3/b30-17+/t32-/m1/s1. The Hall–Kier alpha value is -3.89. The third-order valence-corrected chi connectivity index (χ3v) is 9.81. The maximum absolute atomic E-state index is 14.3. The van der Waals surface area contributed by atoms with Gasteiger partial charge in [-0.1, -0.05) is 83.1 Å². The zero-order chi connectivity index (χ0) is 33.2. The highest BCUT2D eigenvalue weighted by molar-refractivity contribution is 9.10. The molecule has 0 bridgehead atoms. The van der Waals surface area contributed by atoms with Crippen LogP contribution in [0.2, 0.25) is 10.0 Å². The lowest BCUT2D eigenvalue weighted by Gasteiger charge is -2.25. The Balaban J connectivity index is 1.46. The lowest BCUT2D eigenvalue weighted by molar-refractivity contribution is -0.139. The first-order valence-electron chi connectivity index (χ1n) is 14.9. The molecule has 0 fully saturated rings. The summed E-state index contributed by atoms with van der Waals surface area (Å²) in [5.41, 5.74) is 2.88. The molecular weight excluding hydrogens is 723 g/mol. The van der Waals surface area contributed by atoms with Gasteiger partial charge in [-0.2, -0.15) is 0 Å². The highest BCUT2D eigenvalue weighted by Gasteiger charge is 2.34. The molecule has 0 saturated carbocycles. The van der Waals surface area contributed by atoms with Gasteiger partial charge in [0.05, 0.1) is 39.5 Å². The Morgan fingerprint density at radius 2 is 1.81 bits per heavy atom. The molecule has 1 aliphatic rings. The lowest BCUT2D eigenvalue weighted by atomic mass is 9.91. The summed E-state index contributed by atoms with van der Waals surface area (Å²) in [6, 6.07) is 22.0. The highest BCUT2D eigenvalue weighted by atomic mass is 79.9. The van der Waals surface area contributed by atoms with Crippen LogP contribution in [-0.4, -0.2) is 23.8 Å². The van der Waals surface area contributed by atoms with Crippen molar-refractivity contribution in [1.82, 2.24) is 4.57 Å². The Morgan fingerprint density at radius 3 is 2.57 bits per heavy atom. The molecule has 4 aromatic carbocycles. The number of allylic oxidation sites excluding steroid dienone is 1. The molecule has 11 heteroatoms. The number of carbonyl (C=O) groups is 1. The SMILES string of the molecule is CCOC(=O)C1=C(C)N=c2s/c(=C/c3cc(Br)c(OCc4ccc(Cl)cc4Cl)c(OCC)c3)c(=O)n2[C@@H]1c1cccc2ccccc12. The molecule has 1 atom stereocenters. The van der Waals surface area contributed by atoms with E-state index in [1.165, 1.54) is 11.3 Å². The van der Waals surface area contributed by atoms with E-state index in [0.29, 0.717) is 58.8 Å².